The molecule has 0 fully saturated rings. The molecule has 1 aliphatic rings. The highest BCUT2D eigenvalue weighted by Gasteiger charge is 2.35. The maximum atomic E-state index is 12.7. The third-order valence-corrected chi connectivity index (χ3v) is 2.49. The Hall–Kier alpha value is -1.88. The van der Waals surface area contributed by atoms with Crippen molar-refractivity contribution in [2.45, 2.75) is 5.12 Å². The first kappa shape index (κ1) is 11.6. The number of nitrogens with one attached hydrogen (secondary N) is 2. The van der Waals surface area contributed by atoms with Crippen molar-refractivity contribution in [3.63, 3.8) is 0 Å². The van der Waals surface area contributed by atoms with Gasteiger partial charge in [0.25, 0.3) is 11.0 Å². The first-order valence-electron chi connectivity index (χ1n) is 4.84. The van der Waals surface area contributed by atoms with E-state index in [1.807, 2.05) is 0 Å². The Morgan fingerprint density at radius 3 is 2.71 bits per heavy atom. The van der Waals surface area contributed by atoms with Crippen LogP contribution in [0.4, 0.5) is 10.1 Å². The number of halogens is 2. The van der Waals surface area contributed by atoms with Crippen LogP contribution in [0.2, 0.25) is 0 Å². The van der Waals surface area contributed by atoms with Crippen LogP contribution in [0.3, 0.4) is 0 Å². The minimum absolute atomic E-state index is 0.375. The van der Waals surface area contributed by atoms with E-state index < -0.39 is 11.0 Å². The average Bonchev–Trinajstić information content (AvgIpc) is 2.33. The molecule has 0 saturated carbocycles. The van der Waals surface area contributed by atoms with E-state index in [2.05, 4.69) is 15.6 Å². The molecule has 6 heteroatoms. The highest BCUT2D eigenvalue weighted by Crippen LogP contribution is 2.18. The number of benzene rings is 1. The van der Waals surface area contributed by atoms with Gasteiger partial charge in [0.05, 0.1) is 0 Å². The van der Waals surface area contributed by atoms with Gasteiger partial charge in [-0.25, -0.2) is 9.38 Å². The van der Waals surface area contributed by atoms with Crippen molar-refractivity contribution in [1.29, 1.82) is 0 Å². The maximum absolute atomic E-state index is 12.7. The van der Waals surface area contributed by atoms with Crippen LogP contribution in [-0.2, 0) is 4.79 Å². The van der Waals surface area contributed by atoms with Crippen LogP contribution < -0.4 is 10.6 Å². The third kappa shape index (κ3) is 2.62. The van der Waals surface area contributed by atoms with Crippen molar-refractivity contribution in [2.75, 3.05) is 5.32 Å². The molecule has 1 aromatic carbocycles. The number of hydrogen-bond donors (Lipinski definition) is 2. The minimum Gasteiger partial charge on any atom is -0.347 e. The minimum atomic E-state index is -1.55. The Balaban J connectivity index is 2.09. The van der Waals surface area contributed by atoms with Crippen molar-refractivity contribution >= 4 is 29.4 Å². The summed E-state index contributed by atoms with van der Waals surface area (Å²) in [7, 11) is 0. The van der Waals surface area contributed by atoms with E-state index in [0.29, 0.717) is 5.69 Å². The zero-order valence-corrected chi connectivity index (χ0v) is 9.41. The summed E-state index contributed by atoms with van der Waals surface area (Å²) in [5.74, 6) is -0.910. The number of nitrogens with zero attached hydrogens (tertiary/aromatic N) is 1. The molecule has 1 aliphatic heterocycles. The predicted molar refractivity (Wildman–Crippen MR) is 64.4 cm³/mol. The predicted octanol–water partition coefficient (Wildman–Crippen LogP) is 1.84. The fourth-order valence-electron chi connectivity index (χ4n) is 1.26. The number of aliphatic imine (C=N–C) groups is 1. The number of carbonyl (C=O) groups excluding carboxylic acids is 1. The van der Waals surface area contributed by atoms with E-state index in [9.17, 15) is 9.18 Å². The molecule has 4 nitrogen and oxygen atoms in total. The van der Waals surface area contributed by atoms with Gasteiger partial charge in [0, 0.05) is 18.1 Å². The van der Waals surface area contributed by atoms with Gasteiger partial charge in [-0.3, -0.25) is 4.79 Å². The van der Waals surface area contributed by atoms with Gasteiger partial charge in [0.15, 0.2) is 0 Å². The molecule has 0 radical (unpaired) electrons. The number of alkyl halides is 1. The molecule has 0 spiro atoms. The van der Waals surface area contributed by atoms with Crippen LogP contribution in [0.25, 0.3) is 0 Å². The largest absolute Gasteiger partial charge is 0.347 e. The van der Waals surface area contributed by atoms with Crippen molar-refractivity contribution in [3.05, 3.63) is 42.4 Å². The van der Waals surface area contributed by atoms with Crippen LogP contribution in [0.1, 0.15) is 0 Å². The second kappa shape index (κ2) is 4.55. The molecule has 1 unspecified atom stereocenters. The van der Waals surface area contributed by atoms with Gasteiger partial charge in [-0.15, -0.1) is 0 Å². The number of anilines is 1. The van der Waals surface area contributed by atoms with Crippen molar-refractivity contribution in [3.8, 4) is 0 Å². The van der Waals surface area contributed by atoms with E-state index in [-0.39, 0.29) is 5.82 Å². The summed E-state index contributed by atoms with van der Waals surface area (Å²) >= 11 is 5.96. The van der Waals surface area contributed by atoms with Crippen molar-refractivity contribution < 1.29 is 9.18 Å². The molecule has 1 aromatic rings. The van der Waals surface area contributed by atoms with Gasteiger partial charge in [-0.05, 0) is 30.3 Å². The topological polar surface area (TPSA) is 53.5 Å². The Labute approximate surface area is 102 Å². The monoisotopic (exact) mass is 253 g/mol. The molecule has 0 aliphatic carbocycles. The first-order valence-corrected chi connectivity index (χ1v) is 5.22. The van der Waals surface area contributed by atoms with E-state index in [0.717, 1.165) is 0 Å². The van der Waals surface area contributed by atoms with Crippen LogP contribution in [-0.4, -0.2) is 17.2 Å². The number of allylic oxidation sites excluding steroid dienone is 1. The lowest BCUT2D eigenvalue weighted by molar-refractivity contribution is -0.119. The summed E-state index contributed by atoms with van der Waals surface area (Å²) in [5, 5.41) is 3.61. The number of carbonyl (C=O) groups is 1. The fourth-order valence-corrected chi connectivity index (χ4v) is 1.42. The summed E-state index contributed by atoms with van der Waals surface area (Å²) in [5.41, 5.74) is 0.447. The van der Waals surface area contributed by atoms with Gasteiger partial charge in [0.1, 0.15) is 5.82 Å². The summed E-state index contributed by atoms with van der Waals surface area (Å²) in [4.78, 5) is 15.7. The van der Waals surface area contributed by atoms with E-state index in [1.54, 1.807) is 6.08 Å². The maximum Gasteiger partial charge on any atom is 0.289 e. The number of amides is 1. The Morgan fingerprint density at radius 2 is 2.12 bits per heavy atom. The van der Waals surface area contributed by atoms with Gasteiger partial charge in [-0.1, -0.05) is 11.6 Å². The zero-order chi connectivity index (χ0) is 12.3. The molecule has 1 atom stereocenters. The van der Waals surface area contributed by atoms with E-state index >= 15 is 0 Å². The molecular weight excluding hydrogens is 245 g/mol. The lowest BCUT2D eigenvalue weighted by Crippen LogP contribution is -2.47. The summed E-state index contributed by atoms with van der Waals surface area (Å²) in [6.07, 6.45) is 4.56. The van der Waals surface area contributed by atoms with Crippen LogP contribution in [0.5, 0.6) is 0 Å². The van der Waals surface area contributed by atoms with Gasteiger partial charge in [-0.2, -0.15) is 0 Å². The molecular formula is C11H9ClFN3O. The quantitative estimate of drug-likeness (QED) is 0.624. The Bertz CT molecular complexity index is 486. The molecule has 1 heterocycles. The first-order chi connectivity index (χ1) is 8.10. The van der Waals surface area contributed by atoms with Crippen molar-refractivity contribution in [2.24, 2.45) is 4.99 Å². The van der Waals surface area contributed by atoms with Gasteiger partial charge < -0.3 is 10.6 Å². The lowest BCUT2D eigenvalue weighted by Gasteiger charge is -2.23. The molecule has 0 saturated heterocycles. The molecule has 88 valence electrons. The molecule has 17 heavy (non-hydrogen) atoms. The second-order valence-electron chi connectivity index (χ2n) is 3.36. The Morgan fingerprint density at radius 1 is 1.41 bits per heavy atom. The fraction of sp³-hybridized carbons (Fsp3) is 0.0909. The van der Waals surface area contributed by atoms with Crippen LogP contribution in [0.15, 0.2) is 41.5 Å². The van der Waals surface area contributed by atoms with Crippen LogP contribution >= 0.6 is 11.6 Å². The highest BCUT2D eigenvalue weighted by atomic mass is 35.5. The second-order valence-corrected chi connectivity index (χ2v) is 3.91. The zero-order valence-electron chi connectivity index (χ0n) is 8.65. The van der Waals surface area contributed by atoms with Gasteiger partial charge >= 0.3 is 0 Å². The SMILES string of the molecule is O=C(Nc1ccc(F)cc1)C1(Cl)N=CC=CN1. The molecule has 0 aromatic heterocycles. The summed E-state index contributed by atoms with van der Waals surface area (Å²) in [6.45, 7) is 0. The van der Waals surface area contributed by atoms with E-state index in [1.165, 1.54) is 36.7 Å². The molecule has 1 amide bonds. The van der Waals surface area contributed by atoms with Gasteiger partial charge in [0.2, 0.25) is 0 Å². The normalized spacial score (nSPS) is 22.0. The number of rotatable bonds is 2. The highest BCUT2D eigenvalue weighted by molar-refractivity contribution is 6.36. The number of hydrogen-bond acceptors (Lipinski definition) is 3. The molecule has 2 rings (SSSR count). The third-order valence-electron chi connectivity index (χ3n) is 2.11. The van der Waals surface area contributed by atoms with Crippen LogP contribution in [0, 0.1) is 5.82 Å². The summed E-state index contributed by atoms with van der Waals surface area (Å²) < 4.78 is 12.7. The smallest absolute Gasteiger partial charge is 0.289 e. The summed E-state index contributed by atoms with van der Waals surface area (Å²) in [6, 6.07) is 5.37. The molecule has 2 N–H and O–H groups in total. The Kier molecular flexibility index (Phi) is 3.10. The van der Waals surface area contributed by atoms with Crippen molar-refractivity contribution in [1.82, 2.24) is 5.32 Å². The standard InChI is InChI=1S/C11H9ClFN3O/c12-11(14-6-1-7-15-11)10(17)16-9-4-2-8(13)3-5-9/h1-7,14H,(H,16,17). The lowest BCUT2D eigenvalue weighted by atomic mass is 10.3. The van der Waals surface area contributed by atoms with E-state index in [4.69, 9.17) is 11.6 Å². The molecule has 0 bridgehead atoms. The average molecular weight is 254 g/mol.